The van der Waals surface area contributed by atoms with Crippen molar-refractivity contribution in [1.82, 2.24) is 4.90 Å². The standard InChI is InChI=1S/C10H20N2.ClH/c1-10(2,11)7-12-5-3-4-8-6-9(8)12;/h8-9H,3-7,11H2,1-2H3;1H/t8-,9+;/m1./s1. The lowest BCUT2D eigenvalue weighted by molar-refractivity contribution is 0.180. The summed E-state index contributed by atoms with van der Waals surface area (Å²) in [7, 11) is 0. The van der Waals surface area contributed by atoms with Crippen LogP contribution in [0.3, 0.4) is 0 Å². The molecule has 1 heterocycles. The highest BCUT2D eigenvalue weighted by Crippen LogP contribution is 2.43. The molecule has 13 heavy (non-hydrogen) atoms. The van der Waals surface area contributed by atoms with Crippen molar-refractivity contribution in [2.24, 2.45) is 11.7 Å². The summed E-state index contributed by atoms with van der Waals surface area (Å²) in [6, 6.07) is 0.904. The molecule has 0 radical (unpaired) electrons. The van der Waals surface area contributed by atoms with Gasteiger partial charge in [-0.05, 0) is 45.6 Å². The molecule has 2 nitrogen and oxygen atoms in total. The molecule has 78 valence electrons. The summed E-state index contributed by atoms with van der Waals surface area (Å²) in [4.78, 5) is 2.59. The molecule has 0 amide bonds. The summed E-state index contributed by atoms with van der Waals surface area (Å²) in [5, 5.41) is 0. The first-order valence-corrected chi connectivity index (χ1v) is 5.09. The Hall–Kier alpha value is 0.210. The minimum Gasteiger partial charge on any atom is -0.324 e. The Morgan fingerprint density at radius 1 is 1.46 bits per heavy atom. The number of fused-ring (bicyclic) bond motifs is 1. The van der Waals surface area contributed by atoms with Crippen molar-refractivity contribution >= 4 is 12.4 Å². The highest BCUT2D eigenvalue weighted by molar-refractivity contribution is 5.85. The number of rotatable bonds is 2. The van der Waals surface area contributed by atoms with E-state index in [1.807, 2.05) is 0 Å². The van der Waals surface area contributed by atoms with E-state index in [1.165, 1.54) is 25.8 Å². The smallest absolute Gasteiger partial charge is 0.0226 e. The first-order chi connectivity index (χ1) is 5.56. The molecule has 0 aromatic heterocycles. The number of piperidine rings is 1. The molecular weight excluding hydrogens is 184 g/mol. The van der Waals surface area contributed by atoms with Gasteiger partial charge in [0.2, 0.25) is 0 Å². The number of halogens is 1. The van der Waals surface area contributed by atoms with Gasteiger partial charge in [0.25, 0.3) is 0 Å². The van der Waals surface area contributed by atoms with Crippen LogP contribution in [-0.2, 0) is 0 Å². The van der Waals surface area contributed by atoms with E-state index >= 15 is 0 Å². The van der Waals surface area contributed by atoms with E-state index in [1.54, 1.807) is 0 Å². The van der Waals surface area contributed by atoms with Gasteiger partial charge in [-0.3, -0.25) is 4.90 Å². The zero-order valence-electron chi connectivity index (χ0n) is 8.62. The second-order valence-electron chi connectivity index (χ2n) is 5.16. The molecule has 0 unspecified atom stereocenters. The topological polar surface area (TPSA) is 29.3 Å². The summed E-state index contributed by atoms with van der Waals surface area (Å²) in [5.41, 5.74) is 6.00. The average Bonchev–Trinajstić information content (AvgIpc) is 2.62. The molecule has 2 rings (SSSR count). The van der Waals surface area contributed by atoms with Crippen LogP contribution >= 0.6 is 12.4 Å². The van der Waals surface area contributed by atoms with Gasteiger partial charge in [-0.1, -0.05) is 0 Å². The molecular formula is C10H21ClN2. The first kappa shape index (κ1) is 11.3. The van der Waals surface area contributed by atoms with E-state index in [0.29, 0.717) is 0 Å². The molecule has 0 bridgehead atoms. The Balaban J connectivity index is 0.000000845. The number of nitrogens with zero attached hydrogens (tertiary/aromatic N) is 1. The van der Waals surface area contributed by atoms with E-state index in [9.17, 15) is 0 Å². The minimum atomic E-state index is -0.00944. The molecule has 1 aliphatic carbocycles. The van der Waals surface area contributed by atoms with Crippen LogP contribution in [-0.4, -0.2) is 29.6 Å². The van der Waals surface area contributed by atoms with Crippen LogP contribution in [0.4, 0.5) is 0 Å². The van der Waals surface area contributed by atoms with Crippen molar-refractivity contribution in [3.63, 3.8) is 0 Å². The van der Waals surface area contributed by atoms with Crippen LogP contribution in [0.2, 0.25) is 0 Å². The fourth-order valence-electron chi connectivity index (χ4n) is 2.43. The first-order valence-electron chi connectivity index (χ1n) is 5.09. The van der Waals surface area contributed by atoms with Gasteiger partial charge in [0.05, 0.1) is 0 Å². The number of likely N-dealkylation sites (tertiary alicyclic amines) is 1. The van der Waals surface area contributed by atoms with Crippen LogP contribution in [0, 0.1) is 5.92 Å². The maximum atomic E-state index is 6.01. The molecule has 1 aliphatic heterocycles. The molecule has 0 spiro atoms. The Labute approximate surface area is 87.3 Å². The van der Waals surface area contributed by atoms with Crippen molar-refractivity contribution < 1.29 is 0 Å². The van der Waals surface area contributed by atoms with Crippen LogP contribution in [0.15, 0.2) is 0 Å². The fourth-order valence-corrected chi connectivity index (χ4v) is 2.43. The third-order valence-corrected chi connectivity index (χ3v) is 2.99. The highest BCUT2D eigenvalue weighted by atomic mass is 35.5. The molecule has 2 atom stereocenters. The van der Waals surface area contributed by atoms with Gasteiger partial charge in [0.15, 0.2) is 0 Å². The van der Waals surface area contributed by atoms with E-state index in [4.69, 9.17) is 5.73 Å². The largest absolute Gasteiger partial charge is 0.324 e. The van der Waals surface area contributed by atoms with Crippen LogP contribution in [0.25, 0.3) is 0 Å². The normalized spacial score (nSPS) is 33.5. The SMILES string of the molecule is CC(C)(N)CN1CCC[C@@H]2C[C@@H]21.Cl. The van der Waals surface area contributed by atoms with E-state index in [2.05, 4.69) is 18.7 Å². The van der Waals surface area contributed by atoms with Crippen molar-refractivity contribution in [2.75, 3.05) is 13.1 Å². The molecule has 1 saturated heterocycles. The van der Waals surface area contributed by atoms with E-state index in [0.717, 1.165) is 18.5 Å². The number of nitrogens with two attached hydrogens (primary N) is 1. The molecule has 0 aromatic carbocycles. The van der Waals surface area contributed by atoms with Crippen LogP contribution in [0.5, 0.6) is 0 Å². The Morgan fingerprint density at radius 2 is 2.15 bits per heavy atom. The zero-order chi connectivity index (χ0) is 8.77. The number of hydrogen-bond donors (Lipinski definition) is 1. The minimum absolute atomic E-state index is 0. The average molecular weight is 205 g/mol. The molecule has 3 heteroatoms. The fraction of sp³-hybridized carbons (Fsp3) is 1.00. The molecule has 1 saturated carbocycles. The second-order valence-corrected chi connectivity index (χ2v) is 5.16. The van der Waals surface area contributed by atoms with Crippen LogP contribution in [0.1, 0.15) is 33.1 Å². The van der Waals surface area contributed by atoms with Crippen molar-refractivity contribution in [3.05, 3.63) is 0 Å². The third kappa shape index (κ3) is 2.83. The van der Waals surface area contributed by atoms with Crippen molar-refractivity contribution in [2.45, 2.75) is 44.7 Å². The number of hydrogen-bond acceptors (Lipinski definition) is 2. The molecule has 2 aliphatic rings. The summed E-state index contributed by atoms with van der Waals surface area (Å²) < 4.78 is 0. The summed E-state index contributed by atoms with van der Waals surface area (Å²) in [6.45, 7) is 6.61. The Morgan fingerprint density at radius 3 is 2.77 bits per heavy atom. The maximum absolute atomic E-state index is 6.01. The van der Waals surface area contributed by atoms with Gasteiger partial charge in [-0.15, -0.1) is 12.4 Å². The predicted molar refractivity (Wildman–Crippen MR) is 58.2 cm³/mol. The monoisotopic (exact) mass is 204 g/mol. The lowest BCUT2D eigenvalue weighted by atomic mass is 10.0. The van der Waals surface area contributed by atoms with Crippen LogP contribution < -0.4 is 5.73 Å². The highest BCUT2D eigenvalue weighted by Gasteiger charge is 2.44. The predicted octanol–water partition coefficient (Wildman–Crippen LogP) is 1.63. The van der Waals surface area contributed by atoms with Gasteiger partial charge >= 0.3 is 0 Å². The lowest BCUT2D eigenvalue weighted by Crippen LogP contribution is -2.47. The van der Waals surface area contributed by atoms with Gasteiger partial charge in [0.1, 0.15) is 0 Å². The summed E-state index contributed by atoms with van der Waals surface area (Å²) >= 11 is 0. The maximum Gasteiger partial charge on any atom is 0.0226 e. The molecule has 0 aromatic rings. The van der Waals surface area contributed by atoms with E-state index < -0.39 is 0 Å². The second kappa shape index (κ2) is 3.76. The van der Waals surface area contributed by atoms with E-state index in [-0.39, 0.29) is 17.9 Å². The van der Waals surface area contributed by atoms with Gasteiger partial charge in [0, 0.05) is 18.1 Å². The summed E-state index contributed by atoms with van der Waals surface area (Å²) in [6.07, 6.45) is 4.29. The molecule has 2 fully saturated rings. The van der Waals surface area contributed by atoms with Gasteiger partial charge in [-0.2, -0.15) is 0 Å². The Bertz CT molecular complexity index is 176. The summed E-state index contributed by atoms with van der Waals surface area (Å²) in [5.74, 6) is 1.03. The molecule has 2 N–H and O–H groups in total. The third-order valence-electron chi connectivity index (χ3n) is 2.99. The lowest BCUT2D eigenvalue weighted by Gasteiger charge is -2.32. The van der Waals surface area contributed by atoms with Gasteiger partial charge in [-0.25, -0.2) is 0 Å². The van der Waals surface area contributed by atoms with Crippen molar-refractivity contribution in [1.29, 1.82) is 0 Å². The Kier molecular flexibility index (Phi) is 3.26. The quantitative estimate of drug-likeness (QED) is 0.741. The van der Waals surface area contributed by atoms with Crippen molar-refractivity contribution in [3.8, 4) is 0 Å². The zero-order valence-corrected chi connectivity index (χ0v) is 9.44. The van der Waals surface area contributed by atoms with Gasteiger partial charge < -0.3 is 5.73 Å².